The summed E-state index contributed by atoms with van der Waals surface area (Å²) in [5.74, 6) is 0. The Bertz CT molecular complexity index is 484. The lowest BCUT2D eigenvalue weighted by Crippen LogP contribution is -2.18. The van der Waals surface area contributed by atoms with Crippen LogP contribution in [-0.4, -0.2) is 12.0 Å². The van der Waals surface area contributed by atoms with E-state index in [1.54, 1.807) is 11.3 Å². The fourth-order valence-electron chi connectivity index (χ4n) is 1.51. The Morgan fingerprint density at radius 2 is 2.12 bits per heavy atom. The number of thiophene rings is 1. The smallest absolute Gasteiger partial charge is 0.0865 e. The summed E-state index contributed by atoms with van der Waals surface area (Å²) >= 11 is 8.81. The van der Waals surface area contributed by atoms with Gasteiger partial charge in [-0.25, -0.2) is 0 Å². The molecule has 2 rings (SSSR count). The maximum atomic E-state index is 4.42. The van der Waals surface area contributed by atoms with Crippen LogP contribution in [0.4, 0.5) is 0 Å². The van der Waals surface area contributed by atoms with E-state index in [1.807, 2.05) is 25.4 Å². The van der Waals surface area contributed by atoms with Crippen LogP contribution in [0.1, 0.15) is 16.6 Å². The summed E-state index contributed by atoms with van der Waals surface area (Å²) in [4.78, 5) is 5.66. The zero-order valence-electron chi connectivity index (χ0n) is 8.58. The van der Waals surface area contributed by atoms with Crippen molar-refractivity contribution >= 4 is 43.2 Å². The van der Waals surface area contributed by atoms with E-state index in [0.717, 1.165) is 14.6 Å². The molecule has 84 valence electrons. The van der Waals surface area contributed by atoms with E-state index < -0.39 is 0 Å². The number of aromatic nitrogens is 1. The van der Waals surface area contributed by atoms with Crippen molar-refractivity contribution in [2.75, 3.05) is 7.05 Å². The molecule has 1 atom stereocenters. The molecule has 0 saturated heterocycles. The van der Waals surface area contributed by atoms with Crippen LogP contribution in [0.25, 0.3) is 0 Å². The number of rotatable bonds is 3. The third kappa shape index (κ3) is 2.37. The van der Waals surface area contributed by atoms with Crippen LogP contribution >= 0.6 is 43.2 Å². The molecular weight excluding hydrogens is 352 g/mol. The van der Waals surface area contributed by atoms with Gasteiger partial charge in [-0.2, -0.15) is 0 Å². The van der Waals surface area contributed by atoms with E-state index >= 15 is 0 Å². The first-order valence-electron chi connectivity index (χ1n) is 4.74. The Hall–Kier alpha value is -0.230. The predicted octanol–water partition coefficient (Wildman–Crippen LogP) is 3.98. The molecule has 0 aliphatic heterocycles. The molecule has 0 spiro atoms. The molecule has 5 heteroatoms. The lowest BCUT2D eigenvalue weighted by Gasteiger charge is -2.16. The van der Waals surface area contributed by atoms with Gasteiger partial charge in [-0.15, -0.1) is 11.3 Å². The van der Waals surface area contributed by atoms with Gasteiger partial charge in [0.05, 0.1) is 11.7 Å². The monoisotopic (exact) mass is 360 g/mol. The minimum atomic E-state index is 0.116. The summed E-state index contributed by atoms with van der Waals surface area (Å²) in [7, 11) is 1.94. The highest BCUT2D eigenvalue weighted by molar-refractivity contribution is 9.10. The van der Waals surface area contributed by atoms with Crippen molar-refractivity contribution in [1.82, 2.24) is 10.3 Å². The summed E-state index contributed by atoms with van der Waals surface area (Å²) in [5, 5.41) is 5.36. The minimum absolute atomic E-state index is 0.116. The summed E-state index contributed by atoms with van der Waals surface area (Å²) in [6.45, 7) is 0. The van der Waals surface area contributed by atoms with Crippen LogP contribution < -0.4 is 5.32 Å². The van der Waals surface area contributed by atoms with Crippen molar-refractivity contribution in [2.24, 2.45) is 0 Å². The molecule has 0 aliphatic carbocycles. The molecule has 16 heavy (non-hydrogen) atoms. The fourth-order valence-corrected chi connectivity index (χ4v) is 3.71. The van der Waals surface area contributed by atoms with Gasteiger partial charge in [0.25, 0.3) is 0 Å². The molecule has 0 saturated carbocycles. The predicted molar refractivity (Wildman–Crippen MR) is 74.9 cm³/mol. The number of pyridine rings is 1. The van der Waals surface area contributed by atoms with Crippen LogP contribution in [-0.2, 0) is 0 Å². The summed E-state index contributed by atoms with van der Waals surface area (Å²) in [6.07, 6.45) is 1.81. The first-order chi connectivity index (χ1) is 7.74. The first kappa shape index (κ1) is 12.2. The standard InChI is InChI=1S/C11H10Br2N2S/c1-14-10(11-8(13)4-6-16-11)9-7(12)3-2-5-15-9/h2-6,10,14H,1H3. The Labute approximate surface area is 115 Å². The SMILES string of the molecule is CNC(c1ncccc1Br)c1sccc1Br. The Morgan fingerprint density at radius 3 is 2.69 bits per heavy atom. The Balaban J connectivity index is 2.45. The van der Waals surface area contributed by atoms with Gasteiger partial charge in [-0.1, -0.05) is 0 Å². The number of hydrogen-bond donors (Lipinski definition) is 1. The molecule has 0 fully saturated rings. The van der Waals surface area contributed by atoms with E-state index in [2.05, 4.69) is 53.6 Å². The van der Waals surface area contributed by atoms with Crippen LogP contribution in [0.5, 0.6) is 0 Å². The van der Waals surface area contributed by atoms with Gasteiger partial charge < -0.3 is 5.32 Å². The number of hydrogen-bond acceptors (Lipinski definition) is 3. The summed E-state index contributed by atoms with van der Waals surface area (Å²) in [6, 6.07) is 6.10. The molecule has 2 heterocycles. The molecule has 1 unspecified atom stereocenters. The second-order valence-corrected chi connectivity index (χ2v) is 5.88. The van der Waals surface area contributed by atoms with Gasteiger partial charge >= 0.3 is 0 Å². The van der Waals surface area contributed by atoms with Crippen molar-refractivity contribution in [1.29, 1.82) is 0 Å². The topological polar surface area (TPSA) is 24.9 Å². The number of nitrogens with zero attached hydrogens (tertiary/aromatic N) is 1. The molecule has 2 aromatic rings. The number of halogens is 2. The second-order valence-electron chi connectivity index (χ2n) is 3.22. The normalized spacial score (nSPS) is 12.7. The van der Waals surface area contributed by atoms with Gasteiger partial charge in [0.2, 0.25) is 0 Å². The fraction of sp³-hybridized carbons (Fsp3) is 0.182. The lowest BCUT2D eigenvalue weighted by atomic mass is 10.1. The highest BCUT2D eigenvalue weighted by Gasteiger charge is 2.19. The van der Waals surface area contributed by atoms with Gasteiger partial charge in [0, 0.05) is 20.0 Å². The van der Waals surface area contributed by atoms with Crippen molar-refractivity contribution in [2.45, 2.75) is 6.04 Å². The van der Waals surface area contributed by atoms with Crippen LogP contribution in [0.3, 0.4) is 0 Å². The van der Waals surface area contributed by atoms with E-state index in [9.17, 15) is 0 Å². The zero-order chi connectivity index (χ0) is 11.5. The molecule has 0 bridgehead atoms. The number of nitrogens with one attached hydrogen (secondary N) is 1. The molecule has 0 aromatic carbocycles. The molecular formula is C11H10Br2N2S. The van der Waals surface area contributed by atoms with E-state index in [0.29, 0.717) is 0 Å². The van der Waals surface area contributed by atoms with Crippen LogP contribution in [0.15, 0.2) is 38.7 Å². The zero-order valence-corrected chi connectivity index (χ0v) is 12.6. The van der Waals surface area contributed by atoms with Gasteiger partial charge in [-0.05, 0) is 62.5 Å². The highest BCUT2D eigenvalue weighted by Crippen LogP contribution is 2.34. The lowest BCUT2D eigenvalue weighted by molar-refractivity contribution is 0.676. The van der Waals surface area contributed by atoms with Gasteiger partial charge in [0.1, 0.15) is 0 Å². The Morgan fingerprint density at radius 1 is 1.31 bits per heavy atom. The van der Waals surface area contributed by atoms with Crippen molar-refractivity contribution in [3.63, 3.8) is 0 Å². The second kappa shape index (κ2) is 5.40. The minimum Gasteiger partial charge on any atom is -0.307 e. The van der Waals surface area contributed by atoms with Crippen LogP contribution in [0, 0.1) is 0 Å². The highest BCUT2D eigenvalue weighted by atomic mass is 79.9. The summed E-state index contributed by atoms with van der Waals surface area (Å²) < 4.78 is 2.14. The third-order valence-corrected chi connectivity index (χ3v) is 4.86. The van der Waals surface area contributed by atoms with E-state index in [1.165, 1.54) is 4.88 Å². The molecule has 2 nitrogen and oxygen atoms in total. The quantitative estimate of drug-likeness (QED) is 0.894. The van der Waals surface area contributed by atoms with E-state index in [4.69, 9.17) is 0 Å². The maximum absolute atomic E-state index is 4.42. The average molecular weight is 362 g/mol. The van der Waals surface area contributed by atoms with Crippen molar-refractivity contribution in [3.8, 4) is 0 Å². The van der Waals surface area contributed by atoms with E-state index in [-0.39, 0.29) is 6.04 Å². The van der Waals surface area contributed by atoms with Crippen molar-refractivity contribution < 1.29 is 0 Å². The van der Waals surface area contributed by atoms with Crippen molar-refractivity contribution in [3.05, 3.63) is 49.3 Å². The van der Waals surface area contributed by atoms with Crippen LogP contribution in [0.2, 0.25) is 0 Å². The van der Waals surface area contributed by atoms with Gasteiger partial charge in [0.15, 0.2) is 0 Å². The third-order valence-electron chi connectivity index (χ3n) is 2.26. The molecule has 1 N–H and O–H groups in total. The summed E-state index contributed by atoms with van der Waals surface area (Å²) in [5.41, 5.74) is 1.01. The molecule has 0 amide bonds. The molecule has 0 aliphatic rings. The molecule has 2 aromatic heterocycles. The largest absolute Gasteiger partial charge is 0.307 e. The maximum Gasteiger partial charge on any atom is 0.0865 e. The van der Waals surface area contributed by atoms with Gasteiger partial charge in [-0.3, -0.25) is 4.98 Å². The first-order valence-corrected chi connectivity index (χ1v) is 7.21. The average Bonchev–Trinajstić information content (AvgIpc) is 2.69. The Kier molecular flexibility index (Phi) is 4.13. The molecule has 0 radical (unpaired) electrons.